The monoisotopic (exact) mass is 330 g/mol. The maximum Gasteiger partial charge on any atom is 0.317 e. The molecule has 1 aliphatic rings. The van der Waals surface area contributed by atoms with Crippen LogP contribution in [0.1, 0.15) is 11.4 Å². The number of amides is 2. The Labute approximate surface area is 141 Å². The molecular weight excluding hydrogens is 308 g/mol. The van der Waals surface area contributed by atoms with E-state index in [1.165, 1.54) is 5.56 Å². The second kappa shape index (κ2) is 8.06. The van der Waals surface area contributed by atoms with Crippen LogP contribution < -0.4 is 5.32 Å². The third-order valence-electron chi connectivity index (χ3n) is 3.98. The van der Waals surface area contributed by atoms with Gasteiger partial charge in [-0.25, -0.2) is 9.78 Å². The fraction of sp³-hybridized carbons (Fsp3) is 0.412. The number of nitrogens with zero attached hydrogens (tertiary/aromatic N) is 3. The fourth-order valence-electron chi connectivity index (χ4n) is 2.64. The summed E-state index contributed by atoms with van der Waals surface area (Å²) in [6.07, 6.45) is 4.73. The minimum absolute atomic E-state index is 0.0166. The van der Waals surface area contributed by atoms with Crippen molar-refractivity contribution in [3.05, 3.63) is 54.1 Å². The Morgan fingerprint density at radius 3 is 2.78 bits per heavy atom. The van der Waals surface area contributed by atoms with E-state index in [1.807, 2.05) is 28.9 Å². The number of aryl methyl sites for hydroxylation is 2. The molecular formula is C17H22N4OS. The molecule has 2 heterocycles. The number of aromatic nitrogens is 2. The molecule has 1 aromatic carbocycles. The number of hydrogen-bond donors (Lipinski definition) is 1. The number of carbonyl (C=O) groups is 1. The number of hydrogen-bond acceptors (Lipinski definition) is 3. The number of urea groups is 1. The summed E-state index contributed by atoms with van der Waals surface area (Å²) < 4.78 is 2.11. The molecule has 2 amide bonds. The molecule has 0 aliphatic carbocycles. The zero-order valence-corrected chi connectivity index (χ0v) is 14.0. The number of benzene rings is 1. The van der Waals surface area contributed by atoms with Gasteiger partial charge in [0.25, 0.3) is 0 Å². The molecule has 0 radical (unpaired) electrons. The highest BCUT2D eigenvalue weighted by molar-refractivity contribution is 7.99. The smallest absolute Gasteiger partial charge is 0.317 e. The average molecular weight is 330 g/mol. The van der Waals surface area contributed by atoms with E-state index >= 15 is 0 Å². The molecule has 0 atom stereocenters. The van der Waals surface area contributed by atoms with Crippen LogP contribution >= 0.6 is 11.8 Å². The zero-order chi connectivity index (χ0) is 15.9. The van der Waals surface area contributed by atoms with Crippen molar-refractivity contribution in [3.8, 4) is 0 Å². The second-order valence-electron chi connectivity index (χ2n) is 5.53. The van der Waals surface area contributed by atoms with Gasteiger partial charge in [0.15, 0.2) is 0 Å². The van der Waals surface area contributed by atoms with Gasteiger partial charge in [0.1, 0.15) is 5.82 Å². The summed E-state index contributed by atoms with van der Waals surface area (Å²) in [5.74, 6) is 2.96. The van der Waals surface area contributed by atoms with Gasteiger partial charge in [-0.05, 0) is 12.0 Å². The van der Waals surface area contributed by atoms with E-state index in [9.17, 15) is 4.79 Å². The van der Waals surface area contributed by atoms with E-state index in [-0.39, 0.29) is 6.03 Å². The van der Waals surface area contributed by atoms with E-state index < -0.39 is 0 Å². The molecule has 1 fully saturated rings. The molecule has 1 aliphatic heterocycles. The van der Waals surface area contributed by atoms with Crippen LogP contribution in [0.15, 0.2) is 42.7 Å². The molecule has 3 rings (SSSR count). The van der Waals surface area contributed by atoms with Crippen LogP contribution in [0.4, 0.5) is 4.79 Å². The number of imidazole rings is 1. The van der Waals surface area contributed by atoms with E-state index in [2.05, 4.69) is 39.1 Å². The molecule has 1 saturated heterocycles. The van der Waals surface area contributed by atoms with Gasteiger partial charge in [0, 0.05) is 43.5 Å². The SMILES string of the molecule is O=C(NCc1nccn1CCc1ccccc1)N1CCSCC1. The summed E-state index contributed by atoms with van der Waals surface area (Å²) in [5.41, 5.74) is 1.31. The Balaban J connectivity index is 1.51. The van der Waals surface area contributed by atoms with Gasteiger partial charge in [-0.1, -0.05) is 30.3 Å². The lowest BCUT2D eigenvalue weighted by molar-refractivity contribution is 0.202. The van der Waals surface area contributed by atoms with Gasteiger partial charge in [-0.15, -0.1) is 0 Å². The highest BCUT2D eigenvalue weighted by Crippen LogP contribution is 2.09. The standard InChI is InChI=1S/C17H22N4OS/c22-17(21-10-12-23-13-11-21)19-14-16-18-7-9-20(16)8-6-15-4-2-1-3-5-15/h1-5,7,9H,6,8,10-14H2,(H,19,22). The molecule has 23 heavy (non-hydrogen) atoms. The maximum atomic E-state index is 12.2. The van der Waals surface area contributed by atoms with Gasteiger partial charge >= 0.3 is 6.03 Å². The van der Waals surface area contributed by atoms with E-state index in [4.69, 9.17) is 0 Å². The second-order valence-corrected chi connectivity index (χ2v) is 6.76. The zero-order valence-electron chi connectivity index (χ0n) is 13.1. The van der Waals surface area contributed by atoms with Crippen LogP contribution in [-0.2, 0) is 19.5 Å². The molecule has 1 aromatic heterocycles. The summed E-state index contributed by atoms with van der Waals surface area (Å²) >= 11 is 1.90. The van der Waals surface area contributed by atoms with Crippen molar-refractivity contribution < 1.29 is 4.79 Å². The third kappa shape index (κ3) is 4.51. The number of rotatable bonds is 5. The van der Waals surface area contributed by atoms with Gasteiger partial charge in [-0.2, -0.15) is 11.8 Å². The summed E-state index contributed by atoms with van der Waals surface area (Å²) in [4.78, 5) is 18.4. The first-order valence-corrected chi connectivity index (χ1v) is 9.13. The first-order valence-electron chi connectivity index (χ1n) is 7.97. The normalized spacial score (nSPS) is 14.7. The van der Waals surface area contributed by atoms with Crippen LogP contribution in [0.2, 0.25) is 0 Å². The Hall–Kier alpha value is -1.95. The lowest BCUT2D eigenvalue weighted by Crippen LogP contribution is -2.44. The molecule has 2 aromatic rings. The van der Waals surface area contributed by atoms with Crippen molar-refractivity contribution in [2.24, 2.45) is 0 Å². The van der Waals surface area contributed by atoms with E-state index in [0.29, 0.717) is 6.54 Å². The number of nitrogens with one attached hydrogen (secondary N) is 1. The molecule has 0 unspecified atom stereocenters. The van der Waals surface area contributed by atoms with Gasteiger partial charge in [0.05, 0.1) is 6.54 Å². The number of carbonyl (C=O) groups excluding carboxylic acids is 1. The Morgan fingerprint density at radius 1 is 1.22 bits per heavy atom. The molecule has 6 heteroatoms. The van der Waals surface area contributed by atoms with E-state index in [1.54, 1.807) is 6.20 Å². The van der Waals surface area contributed by atoms with Crippen molar-refractivity contribution in [2.45, 2.75) is 19.5 Å². The average Bonchev–Trinajstić information content (AvgIpc) is 3.07. The summed E-state index contributed by atoms with van der Waals surface area (Å²) in [6, 6.07) is 10.4. The maximum absolute atomic E-state index is 12.2. The fourth-order valence-corrected chi connectivity index (χ4v) is 3.54. The highest BCUT2D eigenvalue weighted by Gasteiger charge is 2.16. The number of thioether (sulfide) groups is 1. The van der Waals surface area contributed by atoms with Crippen molar-refractivity contribution in [1.29, 1.82) is 0 Å². The van der Waals surface area contributed by atoms with Crippen LogP contribution in [0.25, 0.3) is 0 Å². The molecule has 0 saturated carbocycles. The lowest BCUT2D eigenvalue weighted by atomic mass is 10.1. The quantitative estimate of drug-likeness (QED) is 0.916. The van der Waals surface area contributed by atoms with Crippen LogP contribution in [0, 0.1) is 0 Å². The largest absolute Gasteiger partial charge is 0.333 e. The van der Waals surface area contributed by atoms with Gasteiger partial charge in [0.2, 0.25) is 0 Å². The van der Waals surface area contributed by atoms with Crippen molar-refractivity contribution in [3.63, 3.8) is 0 Å². The molecule has 5 nitrogen and oxygen atoms in total. The molecule has 122 valence electrons. The van der Waals surface area contributed by atoms with Crippen molar-refractivity contribution in [1.82, 2.24) is 19.8 Å². The first-order chi connectivity index (χ1) is 11.3. The van der Waals surface area contributed by atoms with Crippen LogP contribution in [0.3, 0.4) is 0 Å². The third-order valence-corrected chi connectivity index (χ3v) is 4.92. The summed E-state index contributed by atoms with van der Waals surface area (Å²) in [5, 5.41) is 2.99. The van der Waals surface area contributed by atoms with Crippen LogP contribution in [0.5, 0.6) is 0 Å². The topological polar surface area (TPSA) is 50.2 Å². The van der Waals surface area contributed by atoms with Crippen molar-refractivity contribution >= 4 is 17.8 Å². The van der Waals surface area contributed by atoms with Crippen molar-refractivity contribution in [2.75, 3.05) is 24.6 Å². The van der Waals surface area contributed by atoms with Gasteiger partial charge < -0.3 is 14.8 Å². The van der Waals surface area contributed by atoms with Gasteiger partial charge in [-0.3, -0.25) is 0 Å². The van der Waals surface area contributed by atoms with E-state index in [0.717, 1.165) is 43.4 Å². The minimum Gasteiger partial charge on any atom is -0.333 e. The molecule has 0 bridgehead atoms. The molecule has 1 N–H and O–H groups in total. The Bertz CT molecular complexity index is 623. The van der Waals surface area contributed by atoms with Crippen LogP contribution in [-0.4, -0.2) is 45.1 Å². The Morgan fingerprint density at radius 2 is 2.00 bits per heavy atom. The predicted molar refractivity (Wildman–Crippen MR) is 93.5 cm³/mol. The molecule has 0 spiro atoms. The Kier molecular flexibility index (Phi) is 5.58. The first kappa shape index (κ1) is 15.9. The predicted octanol–water partition coefficient (Wildman–Crippen LogP) is 2.38. The lowest BCUT2D eigenvalue weighted by Gasteiger charge is -2.26. The highest BCUT2D eigenvalue weighted by atomic mass is 32.2. The summed E-state index contributed by atoms with van der Waals surface area (Å²) in [7, 11) is 0. The summed E-state index contributed by atoms with van der Waals surface area (Å²) in [6.45, 7) is 3.01. The minimum atomic E-state index is 0.0166.